The molecule has 0 radical (unpaired) electrons. The summed E-state index contributed by atoms with van der Waals surface area (Å²) >= 11 is 1.89. The van der Waals surface area contributed by atoms with Gasteiger partial charge >= 0.3 is 0 Å². The van der Waals surface area contributed by atoms with E-state index >= 15 is 0 Å². The quantitative estimate of drug-likeness (QED) is 0.176. The molecule has 2 heteroatoms. The molecule has 0 saturated carbocycles. The van der Waals surface area contributed by atoms with Gasteiger partial charge in [-0.15, -0.1) is 11.3 Å². The fourth-order valence-corrected chi connectivity index (χ4v) is 9.68. The monoisotopic (exact) mass is 669 g/mol. The molecular formula is C49H35NS. The molecule has 1 nitrogen and oxygen atoms in total. The molecule has 0 amide bonds. The summed E-state index contributed by atoms with van der Waals surface area (Å²) < 4.78 is 2.60. The van der Waals surface area contributed by atoms with E-state index in [0.29, 0.717) is 0 Å². The highest BCUT2D eigenvalue weighted by atomic mass is 32.1. The van der Waals surface area contributed by atoms with E-state index in [9.17, 15) is 0 Å². The van der Waals surface area contributed by atoms with Crippen LogP contribution in [-0.4, -0.2) is 0 Å². The summed E-state index contributed by atoms with van der Waals surface area (Å²) in [5.41, 5.74) is 13.7. The number of rotatable bonds is 5. The molecule has 0 atom stereocenters. The Morgan fingerprint density at radius 1 is 0.451 bits per heavy atom. The van der Waals surface area contributed by atoms with Gasteiger partial charge in [-0.05, 0) is 74.5 Å². The predicted molar refractivity (Wildman–Crippen MR) is 220 cm³/mol. The number of anilines is 3. The van der Waals surface area contributed by atoms with Crippen LogP contribution in [0.4, 0.5) is 17.1 Å². The number of fused-ring (bicyclic) bond motifs is 7. The van der Waals surface area contributed by atoms with Crippen molar-refractivity contribution in [2.75, 3.05) is 4.90 Å². The van der Waals surface area contributed by atoms with Gasteiger partial charge in [0.2, 0.25) is 0 Å². The predicted octanol–water partition coefficient (Wildman–Crippen LogP) is 14.3. The second kappa shape index (κ2) is 11.6. The number of benzene rings is 8. The Morgan fingerprint density at radius 3 is 2.02 bits per heavy atom. The molecular weight excluding hydrogens is 635 g/mol. The van der Waals surface area contributed by atoms with Gasteiger partial charge in [0.25, 0.3) is 0 Å². The Bertz CT molecular complexity index is 2790. The first-order valence-corrected chi connectivity index (χ1v) is 18.5. The van der Waals surface area contributed by atoms with Gasteiger partial charge in [0.1, 0.15) is 0 Å². The zero-order valence-corrected chi connectivity index (χ0v) is 29.4. The largest absolute Gasteiger partial charge is 0.309 e. The molecule has 0 bridgehead atoms. The highest BCUT2D eigenvalue weighted by Gasteiger charge is 2.38. The van der Waals surface area contributed by atoms with Crippen molar-refractivity contribution < 1.29 is 0 Å². The average molecular weight is 670 g/mol. The Kier molecular flexibility index (Phi) is 6.78. The average Bonchev–Trinajstić information content (AvgIpc) is 3.69. The van der Waals surface area contributed by atoms with E-state index in [1.165, 1.54) is 86.8 Å². The summed E-state index contributed by atoms with van der Waals surface area (Å²) in [4.78, 5) is 2.57. The lowest BCUT2D eigenvalue weighted by Gasteiger charge is -2.31. The smallest absolute Gasteiger partial charge is 0.0555 e. The summed E-state index contributed by atoms with van der Waals surface area (Å²) in [6.45, 7) is 4.74. The van der Waals surface area contributed by atoms with Crippen LogP contribution in [0, 0.1) is 0 Å². The van der Waals surface area contributed by atoms with Crippen LogP contribution in [0.5, 0.6) is 0 Å². The van der Waals surface area contributed by atoms with Crippen molar-refractivity contribution in [3.63, 3.8) is 0 Å². The molecule has 9 aromatic rings. The van der Waals surface area contributed by atoms with Crippen LogP contribution in [0.2, 0.25) is 0 Å². The summed E-state index contributed by atoms with van der Waals surface area (Å²) in [7, 11) is 0. The number of para-hydroxylation sites is 1. The molecule has 51 heavy (non-hydrogen) atoms. The molecule has 1 aliphatic carbocycles. The van der Waals surface area contributed by atoms with Crippen molar-refractivity contribution in [2.24, 2.45) is 0 Å². The fraction of sp³-hybridized carbons (Fsp3) is 0.0612. The minimum atomic E-state index is -0.118. The normalized spacial score (nSPS) is 13.1. The molecule has 10 rings (SSSR count). The third-order valence-electron chi connectivity index (χ3n) is 10.9. The highest BCUT2D eigenvalue weighted by Crippen LogP contribution is 2.56. The lowest BCUT2D eigenvalue weighted by Crippen LogP contribution is -2.16. The molecule has 1 heterocycles. The maximum atomic E-state index is 2.57. The number of nitrogens with zero attached hydrogens (tertiary/aromatic N) is 1. The van der Waals surface area contributed by atoms with E-state index in [1.54, 1.807) is 0 Å². The third-order valence-corrected chi connectivity index (χ3v) is 12.1. The minimum Gasteiger partial charge on any atom is -0.309 e. The number of hydrogen-bond acceptors (Lipinski definition) is 2. The van der Waals surface area contributed by atoms with Crippen molar-refractivity contribution in [1.82, 2.24) is 0 Å². The van der Waals surface area contributed by atoms with Gasteiger partial charge in [-0.3, -0.25) is 0 Å². The Hall–Kier alpha value is -5.96. The second-order valence-electron chi connectivity index (χ2n) is 14.1. The van der Waals surface area contributed by atoms with Gasteiger partial charge in [-0.1, -0.05) is 159 Å². The summed E-state index contributed by atoms with van der Waals surface area (Å²) in [6, 6.07) is 64.9. The first kappa shape index (κ1) is 29.9. The maximum Gasteiger partial charge on any atom is 0.0555 e. The van der Waals surface area contributed by atoms with Gasteiger partial charge in [-0.2, -0.15) is 0 Å². The molecule has 0 N–H and O–H groups in total. The SMILES string of the molecule is CC1(C)c2ccccc2-c2c(N(c3ccccc3-c3ccc4ccccc4c3)c3ccc(-c4ccccc4)c4sc5ccccc5c34)cccc21. The van der Waals surface area contributed by atoms with Crippen LogP contribution in [-0.2, 0) is 5.41 Å². The van der Waals surface area contributed by atoms with E-state index in [-0.39, 0.29) is 5.41 Å². The molecule has 0 saturated heterocycles. The van der Waals surface area contributed by atoms with E-state index < -0.39 is 0 Å². The number of thiophene rings is 1. The van der Waals surface area contributed by atoms with Crippen LogP contribution in [0.1, 0.15) is 25.0 Å². The summed E-state index contributed by atoms with van der Waals surface area (Å²) in [6.07, 6.45) is 0. The van der Waals surface area contributed by atoms with Crippen LogP contribution in [0.25, 0.3) is 64.3 Å². The van der Waals surface area contributed by atoms with Crippen LogP contribution < -0.4 is 4.90 Å². The van der Waals surface area contributed by atoms with Crippen molar-refractivity contribution in [2.45, 2.75) is 19.3 Å². The lowest BCUT2D eigenvalue weighted by molar-refractivity contribution is 0.660. The Morgan fingerprint density at radius 2 is 1.14 bits per heavy atom. The Balaban J connectivity index is 1.33. The van der Waals surface area contributed by atoms with Crippen LogP contribution >= 0.6 is 11.3 Å². The van der Waals surface area contributed by atoms with Crippen LogP contribution in [0.15, 0.2) is 176 Å². The topological polar surface area (TPSA) is 3.24 Å². The molecule has 1 aromatic heterocycles. The third kappa shape index (κ3) is 4.60. The molecule has 0 fully saturated rings. The van der Waals surface area contributed by atoms with E-state index in [1.807, 2.05) is 11.3 Å². The number of hydrogen-bond donors (Lipinski definition) is 0. The first-order chi connectivity index (χ1) is 25.1. The van der Waals surface area contributed by atoms with Gasteiger partial charge in [0, 0.05) is 36.7 Å². The van der Waals surface area contributed by atoms with E-state index in [0.717, 1.165) is 5.69 Å². The zero-order chi connectivity index (χ0) is 34.1. The first-order valence-electron chi connectivity index (χ1n) is 17.7. The van der Waals surface area contributed by atoms with Gasteiger partial charge in [0.15, 0.2) is 0 Å². The van der Waals surface area contributed by atoms with Crippen LogP contribution in [0.3, 0.4) is 0 Å². The molecule has 242 valence electrons. The minimum absolute atomic E-state index is 0.118. The molecule has 0 unspecified atom stereocenters. The molecule has 0 aliphatic heterocycles. The molecule has 0 spiro atoms. The van der Waals surface area contributed by atoms with Crippen molar-refractivity contribution in [3.05, 3.63) is 187 Å². The van der Waals surface area contributed by atoms with Gasteiger partial charge in [-0.25, -0.2) is 0 Å². The van der Waals surface area contributed by atoms with Crippen molar-refractivity contribution in [1.29, 1.82) is 0 Å². The Labute approximate surface area is 302 Å². The lowest BCUT2D eigenvalue weighted by atomic mass is 9.82. The second-order valence-corrected chi connectivity index (χ2v) is 15.1. The zero-order valence-electron chi connectivity index (χ0n) is 28.6. The summed E-state index contributed by atoms with van der Waals surface area (Å²) in [5.74, 6) is 0. The molecule has 1 aliphatic rings. The van der Waals surface area contributed by atoms with Crippen molar-refractivity contribution >= 4 is 59.3 Å². The van der Waals surface area contributed by atoms with Crippen molar-refractivity contribution in [3.8, 4) is 33.4 Å². The van der Waals surface area contributed by atoms with E-state index in [4.69, 9.17) is 0 Å². The van der Waals surface area contributed by atoms with Gasteiger partial charge < -0.3 is 4.90 Å². The standard InChI is InChI=1S/C49H35NS/c1-49(2)40-22-11-8-20-38(40)46-41(49)23-14-25-43(46)50(42-24-12-9-19-36(42)35-28-27-32-15-6-7-18-34(32)31-35)44-30-29-37(33-16-4-3-5-17-33)48-47(44)39-21-10-13-26-45(39)51-48/h3-31H,1-2H3. The maximum absolute atomic E-state index is 2.57. The van der Waals surface area contributed by atoms with E-state index in [2.05, 4.69) is 195 Å². The highest BCUT2D eigenvalue weighted by molar-refractivity contribution is 7.26. The summed E-state index contributed by atoms with van der Waals surface area (Å²) in [5, 5.41) is 5.06. The fourth-order valence-electron chi connectivity index (χ4n) is 8.42. The molecule has 8 aromatic carbocycles. The van der Waals surface area contributed by atoms with Gasteiger partial charge in [0.05, 0.1) is 17.1 Å².